The molecule has 2 aliphatic rings. The zero-order chi connectivity index (χ0) is 16.0. The van der Waals surface area contributed by atoms with Crippen LogP contribution in [0.4, 0.5) is 5.69 Å². The van der Waals surface area contributed by atoms with Crippen LogP contribution in [-0.2, 0) is 4.74 Å². The van der Waals surface area contributed by atoms with E-state index in [1.165, 1.54) is 40.6 Å². The normalized spacial score (nSPS) is 26.4. The lowest BCUT2D eigenvalue weighted by molar-refractivity contribution is -0.385. The molecule has 1 aliphatic heterocycles. The van der Waals surface area contributed by atoms with Crippen LogP contribution in [0.2, 0.25) is 0 Å². The number of fused-ring (bicyclic) bond motifs is 3. The monoisotopic (exact) mass is 329 g/mol. The van der Waals surface area contributed by atoms with Crippen molar-refractivity contribution in [1.82, 2.24) is 0 Å². The van der Waals surface area contributed by atoms with E-state index in [1.54, 1.807) is 12.1 Å². The zero-order valence-corrected chi connectivity index (χ0v) is 13.8. The minimum Gasteiger partial charge on any atom is -0.365 e. The van der Waals surface area contributed by atoms with Crippen LogP contribution < -0.4 is 0 Å². The van der Waals surface area contributed by atoms with Crippen LogP contribution in [0.5, 0.6) is 0 Å². The summed E-state index contributed by atoms with van der Waals surface area (Å²) in [6, 6.07) is 9.09. The van der Waals surface area contributed by atoms with E-state index < -0.39 is 0 Å². The van der Waals surface area contributed by atoms with Crippen LogP contribution in [0.1, 0.15) is 58.6 Å². The SMILES string of the molecule is Cc1cc2c(s1)[C@H]1CCCC[C@@H]1O[C@@H]2c1cccc([N+](=O)[O-])c1. The van der Waals surface area contributed by atoms with E-state index in [0.29, 0.717) is 5.92 Å². The van der Waals surface area contributed by atoms with E-state index in [4.69, 9.17) is 4.74 Å². The number of nitro benzene ring substituents is 1. The van der Waals surface area contributed by atoms with Gasteiger partial charge in [-0.1, -0.05) is 25.0 Å². The zero-order valence-electron chi connectivity index (χ0n) is 13.0. The third-order valence-corrected chi connectivity index (χ3v) is 6.13. The van der Waals surface area contributed by atoms with Gasteiger partial charge < -0.3 is 4.74 Å². The molecular weight excluding hydrogens is 310 g/mol. The Hall–Kier alpha value is -1.72. The summed E-state index contributed by atoms with van der Waals surface area (Å²) in [6.45, 7) is 2.13. The van der Waals surface area contributed by atoms with E-state index in [-0.39, 0.29) is 22.8 Å². The predicted molar refractivity (Wildman–Crippen MR) is 90.1 cm³/mol. The summed E-state index contributed by atoms with van der Waals surface area (Å²) in [5.74, 6) is 0.507. The van der Waals surface area contributed by atoms with Crippen molar-refractivity contribution in [2.24, 2.45) is 0 Å². The third kappa shape index (κ3) is 2.58. The number of ether oxygens (including phenoxy) is 1. The smallest absolute Gasteiger partial charge is 0.269 e. The number of rotatable bonds is 2. The van der Waals surface area contributed by atoms with Crippen molar-refractivity contribution in [3.8, 4) is 0 Å². The van der Waals surface area contributed by atoms with E-state index in [1.807, 2.05) is 17.4 Å². The molecule has 2 heterocycles. The van der Waals surface area contributed by atoms with Crippen molar-refractivity contribution in [2.45, 2.75) is 50.7 Å². The summed E-state index contributed by atoms with van der Waals surface area (Å²) in [6.07, 6.45) is 4.84. The second-order valence-electron chi connectivity index (χ2n) is 6.47. The van der Waals surface area contributed by atoms with Crippen LogP contribution in [0.3, 0.4) is 0 Å². The lowest BCUT2D eigenvalue weighted by atomic mass is 9.80. The Labute approximate surface area is 139 Å². The molecule has 120 valence electrons. The second-order valence-corrected chi connectivity index (χ2v) is 7.76. The van der Waals surface area contributed by atoms with Gasteiger partial charge in [0.2, 0.25) is 0 Å². The van der Waals surface area contributed by atoms with Gasteiger partial charge in [0, 0.05) is 27.8 Å². The maximum Gasteiger partial charge on any atom is 0.269 e. The van der Waals surface area contributed by atoms with E-state index >= 15 is 0 Å². The van der Waals surface area contributed by atoms with Crippen molar-refractivity contribution in [3.05, 3.63) is 61.3 Å². The molecule has 1 aromatic heterocycles. The molecule has 0 spiro atoms. The number of aryl methyl sites for hydroxylation is 1. The number of nitro groups is 1. The van der Waals surface area contributed by atoms with E-state index in [2.05, 4.69) is 13.0 Å². The highest BCUT2D eigenvalue weighted by molar-refractivity contribution is 7.12. The molecule has 4 rings (SSSR count). The molecule has 2 aromatic rings. The van der Waals surface area contributed by atoms with Gasteiger partial charge in [0.1, 0.15) is 6.10 Å². The molecule has 0 N–H and O–H groups in total. The van der Waals surface area contributed by atoms with Crippen molar-refractivity contribution in [1.29, 1.82) is 0 Å². The molecule has 1 fully saturated rings. The lowest BCUT2D eigenvalue weighted by Gasteiger charge is -2.39. The Morgan fingerprint density at radius 3 is 2.91 bits per heavy atom. The van der Waals surface area contributed by atoms with Crippen LogP contribution in [-0.4, -0.2) is 11.0 Å². The second kappa shape index (κ2) is 5.73. The molecule has 3 atom stereocenters. The number of thiophene rings is 1. The van der Waals surface area contributed by atoms with Gasteiger partial charge in [0.25, 0.3) is 5.69 Å². The van der Waals surface area contributed by atoms with Gasteiger partial charge in [-0.25, -0.2) is 0 Å². The number of nitrogens with zero attached hydrogens (tertiary/aromatic N) is 1. The molecule has 0 amide bonds. The van der Waals surface area contributed by atoms with Crippen molar-refractivity contribution < 1.29 is 9.66 Å². The van der Waals surface area contributed by atoms with Gasteiger partial charge in [-0.15, -0.1) is 11.3 Å². The standard InChI is InChI=1S/C18H19NO3S/c1-11-9-15-17(12-5-4-6-13(10-12)19(20)21)22-16-8-3-2-7-14(16)18(15)23-11/h4-6,9-10,14,16-17H,2-3,7-8H2,1H3/t14-,16-,17+/m0/s1. The average molecular weight is 329 g/mol. The van der Waals surface area contributed by atoms with Gasteiger partial charge in [-0.3, -0.25) is 10.1 Å². The fraction of sp³-hybridized carbons (Fsp3) is 0.444. The van der Waals surface area contributed by atoms with Gasteiger partial charge in [0.15, 0.2) is 0 Å². The van der Waals surface area contributed by atoms with Gasteiger partial charge in [-0.2, -0.15) is 0 Å². The van der Waals surface area contributed by atoms with E-state index in [9.17, 15) is 10.1 Å². The summed E-state index contributed by atoms with van der Waals surface area (Å²) < 4.78 is 6.44. The average Bonchev–Trinajstić information content (AvgIpc) is 2.96. The van der Waals surface area contributed by atoms with Crippen LogP contribution in [0, 0.1) is 17.0 Å². The molecule has 4 nitrogen and oxygen atoms in total. The summed E-state index contributed by atoms with van der Waals surface area (Å²) in [4.78, 5) is 13.5. The van der Waals surface area contributed by atoms with Crippen molar-refractivity contribution >= 4 is 17.0 Å². The summed E-state index contributed by atoms with van der Waals surface area (Å²) in [7, 11) is 0. The maximum absolute atomic E-state index is 11.1. The minimum atomic E-state index is -0.338. The molecule has 1 aromatic carbocycles. The van der Waals surface area contributed by atoms with Gasteiger partial charge >= 0.3 is 0 Å². The molecule has 1 saturated carbocycles. The Balaban J connectivity index is 1.79. The number of benzene rings is 1. The molecule has 1 aliphatic carbocycles. The first-order chi connectivity index (χ1) is 11.1. The van der Waals surface area contributed by atoms with Crippen molar-refractivity contribution in [3.63, 3.8) is 0 Å². The van der Waals surface area contributed by atoms with Gasteiger partial charge in [-0.05, 0) is 37.0 Å². The van der Waals surface area contributed by atoms with Gasteiger partial charge in [0.05, 0.1) is 11.0 Å². The van der Waals surface area contributed by atoms with E-state index in [0.717, 1.165) is 12.0 Å². The Morgan fingerprint density at radius 1 is 1.26 bits per heavy atom. The van der Waals surface area contributed by atoms with Crippen LogP contribution in [0.25, 0.3) is 0 Å². The highest BCUT2D eigenvalue weighted by Gasteiger charge is 2.39. The largest absolute Gasteiger partial charge is 0.365 e. The summed E-state index contributed by atoms with van der Waals surface area (Å²) in [5.41, 5.74) is 2.24. The molecular formula is C18H19NO3S. The molecule has 23 heavy (non-hydrogen) atoms. The quantitative estimate of drug-likeness (QED) is 0.568. The first kappa shape index (κ1) is 14.8. The minimum absolute atomic E-state index is 0.130. The van der Waals surface area contributed by atoms with Crippen LogP contribution >= 0.6 is 11.3 Å². The highest BCUT2D eigenvalue weighted by atomic mass is 32.1. The first-order valence-electron chi connectivity index (χ1n) is 8.13. The van der Waals surface area contributed by atoms with Crippen LogP contribution in [0.15, 0.2) is 30.3 Å². The summed E-state index contributed by atoms with van der Waals surface area (Å²) in [5, 5.41) is 11.1. The Morgan fingerprint density at radius 2 is 2.09 bits per heavy atom. The number of hydrogen-bond acceptors (Lipinski definition) is 4. The first-order valence-corrected chi connectivity index (χ1v) is 8.95. The number of hydrogen-bond donors (Lipinski definition) is 0. The molecule has 0 unspecified atom stereocenters. The fourth-order valence-corrected chi connectivity index (χ4v) is 5.15. The Bertz CT molecular complexity index is 754. The molecule has 0 saturated heterocycles. The van der Waals surface area contributed by atoms with Crippen molar-refractivity contribution in [2.75, 3.05) is 0 Å². The summed E-state index contributed by atoms with van der Waals surface area (Å²) >= 11 is 1.87. The topological polar surface area (TPSA) is 52.4 Å². The third-order valence-electron chi connectivity index (χ3n) is 4.93. The maximum atomic E-state index is 11.1. The molecule has 5 heteroatoms. The number of non-ortho nitro benzene ring substituents is 1. The predicted octanol–water partition coefficient (Wildman–Crippen LogP) is 5.11. The molecule has 0 radical (unpaired) electrons. The molecule has 0 bridgehead atoms. The highest BCUT2D eigenvalue weighted by Crippen LogP contribution is 2.50. The fourth-order valence-electron chi connectivity index (χ4n) is 3.91. The lowest BCUT2D eigenvalue weighted by Crippen LogP contribution is -2.32. The Kier molecular flexibility index (Phi) is 3.70.